The Hall–Kier alpha value is -4.37. The van der Waals surface area contributed by atoms with Crippen molar-refractivity contribution in [3.63, 3.8) is 0 Å². The Balaban J connectivity index is 1.46. The van der Waals surface area contributed by atoms with Gasteiger partial charge in [-0.2, -0.15) is 0 Å². The number of fused-ring (bicyclic) bond motifs is 1. The summed E-state index contributed by atoms with van der Waals surface area (Å²) in [6.07, 6.45) is 4.48. The molecule has 0 saturated carbocycles. The van der Waals surface area contributed by atoms with Crippen LogP contribution in [0, 0.1) is 17.0 Å². The van der Waals surface area contributed by atoms with E-state index in [4.69, 9.17) is 4.74 Å². The molecule has 2 heterocycles. The number of benzene rings is 3. The van der Waals surface area contributed by atoms with Gasteiger partial charge in [-0.05, 0) is 78.2 Å². The van der Waals surface area contributed by atoms with Crippen LogP contribution in [0.2, 0.25) is 0 Å². The number of nitro benzene ring substituents is 1. The minimum atomic E-state index is -0.448. The molecule has 1 saturated heterocycles. The molecule has 3 aromatic carbocycles. The molecule has 4 aromatic rings. The Bertz CT molecular complexity index is 1560. The van der Waals surface area contributed by atoms with Crippen molar-refractivity contribution in [2.75, 3.05) is 13.7 Å². The molecule has 0 unspecified atom stereocenters. The highest BCUT2D eigenvalue weighted by Crippen LogP contribution is 2.35. The molecule has 37 heavy (non-hydrogen) atoms. The van der Waals surface area contributed by atoms with Gasteiger partial charge in [-0.1, -0.05) is 24.3 Å². The lowest BCUT2D eigenvalue weighted by Crippen LogP contribution is -2.31. The normalized spacial score (nSPS) is 15.7. The number of para-hydroxylation sites is 1. The van der Waals surface area contributed by atoms with Crippen molar-refractivity contribution in [1.82, 2.24) is 9.88 Å². The summed E-state index contributed by atoms with van der Waals surface area (Å²) in [6, 6.07) is 19.8. The van der Waals surface area contributed by atoms with E-state index in [2.05, 4.69) is 16.0 Å². The number of thioether (sulfide) groups is 1. The van der Waals surface area contributed by atoms with Crippen molar-refractivity contribution in [2.45, 2.75) is 13.3 Å². The lowest BCUT2D eigenvalue weighted by atomic mass is 10.1. The molecule has 1 aromatic heterocycles. The number of nitrogens with zero attached hydrogens (tertiary/aromatic N) is 3. The molecule has 1 amide bonds. The zero-order valence-corrected chi connectivity index (χ0v) is 21.1. The third-order valence-corrected chi connectivity index (χ3v) is 7.18. The van der Waals surface area contributed by atoms with Crippen LogP contribution < -0.4 is 4.74 Å². The van der Waals surface area contributed by atoms with E-state index in [1.165, 1.54) is 23.9 Å². The first-order valence-corrected chi connectivity index (χ1v) is 12.5. The second-order valence-corrected chi connectivity index (χ2v) is 9.58. The number of methoxy groups -OCH3 is 1. The monoisotopic (exact) mass is 512 g/mol. The number of H-pyrrole nitrogens is 1. The summed E-state index contributed by atoms with van der Waals surface area (Å²) in [5.74, 6) is 0.660. The molecule has 1 N–H and O–H groups in total. The summed E-state index contributed by atoms with van der Waals surface area (Å²) in [4.78, 5) is 34.3. The number of aryl methyl sites for hydroxylation is 1. The van der Waals surface area contributed by atoms with Crippen LogP contribution in [-0.4, -0.2) is 39.5 Å². The second-order valence-electron chi connectivity index (χ2n) is 8.57. The molecule has 8 nitrogen and oxygen atoms in total. The Morgan fingerprint density at radius 3 is 2.65 bits per heavy atom. The van der Waals surface area contributed by atoms with E-state index in [1.54, 1.807) is 24.1 Å². The number of carbonyl (C=O) groups is 1. The topological polar surface area (TPSA) is 101 Å². The minimum Gasteiger partial charge on any atom is -0.496 e. The molecule has 186 valence electrons. The van der Waals surface area contributed by atoms with Gasteiger partial charge in [0.15, 0.2) is 5.17 Å². The molecule has 1 aliphatic heterocycles. The van der Waals surface area contributed by atoms with Crippen LogP contribution in [0.15, 0.2) is 82.8 Å². The lowest BCUT2D eigenvalue weighted by molar-refractivity contribution is -0.384. The van der Waals surface area contributed by atoms with Crippen molar-refractivity contribution in [3.05, 3.63) is 105 Å². The number of amides is 1. The standard InChI is InChI=1S/C28H24N4O4S/c1-18-15-19(7-12-25(18)36-2)16-26-27(33)31(14-13-20-17-29-24-6-4-3-5-23(20)24)28(37-26)30-21-8-10-22(11-9-21)32(34)35/h3-12,15-17,29H,13-14H2,1-2H3/b26-16-,30-28?. The van der Waals surface area contributed by atoms with Crippen molar-refractivity contribution in [1.29, 1.82) is 0 Å². The van der Waals surface area contributed by atoms with Gasteiger partial charge in [0.25, 0.3) is 11.6 Å². The molecule has 0 aliphatic carbocycles. The van der Waals surface area contributed by atoms with E-state index >= 15 is 0 Å². The largest absolute Gasteiger partial charge is 0.496 e. The molecule has 1 fully saturated rings. The first kappa shape index (κ1) is 24.3. The van der Waals surface area contributed by atoms with Crippen LogP contribution in [0.3, 0.4) is 0 Å². The van der Waals surface area contributed by atoms with E-state index in [-0.39, 0.29) is 11.6 Å². The van der Waals surface area contributed by atoms with Gasteiger partial charge in [0, 0.05) is 35.8 Å². The predicted octanol–water partition coefficient (Wildman–Crippen LogP) is 6.24. The fourth-order valence-electron chi connectivity index (χ4n) is 4.26. The van der Waals surface area contributed by atoms with Crippen LogP contribution in [0.1, 0.15) is 16.7 Å². The zero-order chi connectivity index (χ0) is 25.9. The van der Waals surface area contributed by atoms with E-state index < -0.39 is 4.92 Å². The number of ether oxygens (including phenoxy) is 1. The molecule has 9 heteroatoms. The highest BCUT2D eigenvalue weighted by Gasteiger charge is 2.33. The Morgan fingerprint density at radius 1 is 1.14 bits per heavy atom. The van der Waals surface area contributed by atoms with Crippen LogP contribution in [-0.2, 0) is 11.2 Å². The summed E-state index contributed by atoms with van der Waals surface area (Å²) in [7, 11) is 1.63. The number of aromatic nitrogens is 1. The zero-order valence-electron chi connectivity index (χ0n) is 20.3. The fraction of sp³-hybridized carbons (Fsp3) is 0.143. The third-order valence-electron chi connectivity index (χ3n) is 6.17. The Kier molecular flexibility index (Phi) is 6.78. The van der Waals surface area contributed by atoms with Gasteiger partial charge in [-0.25, -0.2) is 4.99 Å². The second kappa shape index (κ2) is 10.3. The molecule has 1 aliphatic rings. The number of aliphatic imine (C=N–C) groups is 1. The number of hydrogen-bond acceptors (Lipinski definition) is 6. The molecule has 0 radical (unpaired) electrons. The molecular formula is C28H24N4O4S. The Morgan fingerprint density at radius 2 is 1.92 bits per heavy atom. The summed E-state index contributed by atoms with van der Waals surface area (Å²) in [6.45, 7) is 2.40. The number of amidine groups is 1. The quantitative estimate of drug-likeness (QED) is 0.179. The predicted molar refractivity (Wildman–Crippen MR) is 147 cm³/mol. The maximum atomic E-state index is 13.5. The van der Waals surface area contributed by atoms with Gasteiger partial charge in [0.2, 0.25) is 0 Å². The van der Waals surface area contributed by atoms with Crippen molar-refractivity contribution < 1.29 is 14.5 Å². The average molecular weight is 513 g/mol. The van der Waals surface area contributed by atoms with Gasteiger partial charge < -0.3 is 9.72 Å². The first-order valence-electron chi connectivity index (χ1n) is 11.7. The number of nitrogens with one attached hydrogen (secondary N) is 1. The third kappa shape index (κ3) is 5.12. The van der Waals surface area contributed by atoms with Gasteiger partial charge in [-0.15, -0.1) is 0 Å². The SMILES string of the molecule is COc1ccc(/C=C2\SC(=Nc3ccc([N+](=O)[O-])cc3)N(CCc3c[nH]c4ccccc34)C2=O)cc1C. The van der Waals surface area contributed by atoms with E-state index in [0.29, 0.717) is 28.7 Å². The van der Waals surface area contributed by atoms with Crippen molar-refractivity contribution >= 4 is 51.2 Å². The van der Waals surface area contributed by atoms with E-state index in [9.17, 15) is 14.9 Å². The summed E-state index contributed by atoms with van der Waals surface area (Å²) >= 11 is 1.30. The highest BCUT2D eigenvalue weighted by atomic mass is 32.2. The number of non-ortho nitro benzene ring substituents is 1. The van der Waals surface area contributed by atoms with E-state index in [0.717, 1.165) is 33.3 Å². The molecule has 0 bridgehead atoms. The van der Waals surface area contributed by atoms with Crippen LogP contribution in [0.4, 0.5) is 11.4 Å². The van der Waals surface area contributed by atoms with Crippen LogP contribution in [0.5, 0.6) is 5.75 Å². The highest BCUT2D eigenvalue weighted by molar-refractivity contribution is 8.18. The molecule has 5 rings (SSSR count). The molecular weight excluding hydrogens is 488 g/mol. The lowest BCUT2D eigenvalue weighted by Gasteiger charge is -2.15. The van der Waals surface area contributed by atoms with Crippen LogP contribution in [0.25, 0.3) is 17.0 Å². The maximum Gasteiger partial charge on any atom is 0.269 e. The number of nitro groups is 1. The van der Waals surface area contributed by atoms with Gasteiger partial charge in [0.05, 0.1) is 22.6 Å². The summed E-state index contributed by atoms with van der Waals surface area (Å²) < 4.78 is 5.35. The fourth-order valence-corrected chi connectivity index (χ4v) is 5.29. The van der Waals surface area contributed by atoms with Crippen LogP contribution >= 0.6 is 11.8 Å². The van der Waals surface area contributed by atoms with Gasteiger partial charge >= 0.3 is 0 Å². The number of aromatic amines is 1. The summed E-state index contributed by atoms with van der Waals surface area (Å²) in [5, 5.41) is 12.7. The number of hydrogen-bond donors (Lipinski definition) is 1. The minimum absolute atomic E-state index is 0.00856. The van der Waals surface area contributed by atoms with Crippen molar-refractivity contribution in [2.24, 2.45) is 4.99 Å². The van der Waals surface area contributed by atoms with Gasteiger partial charge in [0.1, 0.15) is 5.75 Å². The maximum absolute atomic E-state index is 13.5. The molecule has 0 spiro atoms. The van der Waals surface area contributed by atoms with Gasteiger partial charge in [-0.3, -0.25) is 19.8 Å². The number of rotatable bonds is 7. The molecule has 0 atom stereocenters. The number of carbonyl (C=O) groups excluding carboxylic acids is 1. The first-order chi connectivity index (χ1) is 17.9. The van der Waals surface area contributed by atoms with Crippen molar-refractivity contribution in [3.8, 4) is 5.75 Å². The Labute approximate surface area is 217 Å². The average Bonchev–Trinajstić information content (AvgIpc) is 3.43. The smallest absolute Gasteiger partial charge is 0.269 e. The summed E-state index contributed by atoms with van der Waals surface area (Å²) in [5.41, 5.74) is 4.57. The van der Waals surface area contributed by atoms with E-state index in [1.807, 2.05) is 55.6 Å².